The topological polar surface area (TPSA) is 65.2 Å². The SMILES string of the molecule is CCc1nc2c(Cl)cccn2c1C(=O)NCc1ccc(N2CC[N]([Tl])C=N2)c(F)c1. The van der Waals surface area contributed by atoms with Gasteiger partial charge in [-0.05, 0) is 18.6 Å². The summed E-state index contributed by atoms with van der Waals surface area (Å²) in [6, 6.07) is 8.44. The van der Waals surface area contributed by atoms with Crippen LogP contribution in [0.25, 0.3) is 5.65 Å². The average Bonchev–Trinajstić information content (AvgIpc) is 3.13. The Kier molecular flexibility index (Phi) is 6.23. The second-order valence-corrected chi connectivity index (χ2v) is 9.86. The zero-order valence-electron chi connectivity index (χ0n) is 16.3. The van der Waals surface area contributed by atoms with Gasteiger partial charge in [0.1, 0.15) is 0 Å². The molecule has 0 saturated heterocycles. The molecule has 1 aliphatic rings. The maximum absolute atomic E-state index is 14.6. The van der Waals surface area contributed by atoms with E-state index in [9.17, 15) is 9.18 Å². The minimum atomic E-state index is -0.362. The molecule has 0 bridgehead atoms. The van der Waals surface area contributed by atoms with Gasteiger partial charge in [0.05, 0.1) is 10.7 Å². The van der Waals surface area contributed by atoms with Gasteiger partial charge in [-0.15, -0.1) is 0 Å². The van der Waals surface area contributed by atoms with E-state index in [-0.39, 0.29) is 18.3 Å². The number of imidazole rings is 1. The van der Waals surface area contributed by atoms with Gasteiger partial charge >= 0.3 is 126 Å². The van der Waals surface area contributed by atoms with Crippen molar-refractivity contribution < 1.29 is 9.18 Å². The molecule has 4 rings (SSSR count). The molecule has 1 aromatic carbocycles. The zero-order chi connectivity index (χ0) is 21.3. The molecule has 1 N–H and O–H groups in total. The number of nitrogens with one attached hydrogen (secondary N) is 1. The minimum absolute atomic E-state index is 0.200. The molecular weight excluding hydrogens is 599 g/mol. The van der Waals surface area contributed by atoms with Crippen molar-refractivity contribution in [2.45, 2.75) is 19.9 Å². The van der Waals surface area contributed by atoms with Crippen LogP contribution < -0.4 is 10.3 Å². The number of hydrogen-bond acceptors (Lipinski definition) is 5. The molecule has 0 fully saturated rings. The van der Waals surface area contributed by atoms with Crippen LogP contribution in [0.1, 0.15) is 28.7 Å². The second kappa shape index (κ2) is 8.88. The number of benzene rings is 1. The van der Waals surface area contributed by atoms with Crippen LogP contribution in [0.15, 0.2) is 41.6 Å². The molecule has 1 aliphatic heterocycles. The summed E-state index contributed by atoms with van der Waals surface area (Å²) in [6.07, 6.45) is 4.10. The molecule has 2 aromatic heterocycles. The molecule has 10 heteroatoms. The molecule has 0 atom stereocenters. The summed E-state index contributed by atoms with van der Waals surface area (Å²) in [5.74, 6) is -0.640. The van der Waals surface area contributed by atoms with Crippen LogP contribution in [0, 0.1) is 5.82 Å². The first-order valence-corrected chi connectivity index (χ1v) is 11.9. The Balaban J connectivity index is 1.51. The van der Waals surface area contributed by atoms with Crippen molar-refractivity contribution in [2.24, 2.45) is 5.10 Å². The van der Waals surface area contributed by atoms with E-state index in [4.69, 9.17) is 11.6 Å². The van der Waals surface area contributed by atoms with Crippen LogP contribution in [-0.4, -0.2) is 63.5 Å². The van der Waals surface area contributed by atoms with Crippen molar-refractivity contribution in [1.82, 2.24) is 17.4 Å². The number of rotatable bonds is 5. The molecule has 0 unspecified atom stereocenters. The molecule has 0 aliphatic carbocycles. The zero-order valence-corrected chi connectivity index (χ0v) is 21.6. The number of hydrogen-bond donors (Lipinski definition) is 1. The number of fused-ring (bicyclic) bond motifs is 1. The first kappa shape index (κ1) is 21.0. The van der Waals surface area contributed by atoms with Gasteiger partial charge in [-0.3, -0.25) is 4.40 Å². The van der Waals surface area contributed by atoms with E-state index in [1.807, 2.05) is 6.92 Å². The van der Waals surface area contributed by atoms with Gasteiger partial charge < -0.3 is 0 Å². The fraction of sp³-hybridized carbons (Fsp3) is 0.250. The molecule has 0 radical (unpaired) electrons. The van der Waals surface area contributed by atoms with Gasteiger partial charge in [0.15, 0.2) is 5.65 Å². The number of hydrazone groups is 1. The van der Waals surface area contributed by atoms with Crippen molar-refractivity contribution in [3.8, 4) is 0 Å². The molecule has 7 nitrogen and oxygen atoms in total. The number of nitrogens with zero attached hydrogens (tertiary/aromatic N) is 5. The van der Waals surface area contributed by atoms with Gasteiger partial charge in [0.25, 0.3) is 0 Å². The normalized spacial score (nSPS) is 13.8. The third kappa shape index (κ3) is 4.15. The van der Waals surface area contributed by atoms with E-state index in [2.05, 4.69) is 18.1 Å². The average molecular weight is 618 g/mol. The molecular formula is C20H19ClFN6OTl. The maximum atomic E-state index is 14.6. The number of halogens is 2. The van der Waals surface area contributed by atoms with Crippen LogP contribution >= 0.6 is 11.6 Å². The first-order chi connectivity index (χ1) is 14.5. The molecule has 0 saturated carbocycles. The molecule has 1 amide bonds. The van der Waals surface area contributed by atoms with Gasteiger partial charge in [0.2, 0.25) is 0 Å². The van der Waals surface area contributed by atoms with E-state index < -0.39 is 0 Å². The first-order valence-electron chi connectivity index (χ1n) is 9.53. The third-order valence-electron chi connectivity index (χ3n) is 4.88. The van der Waals surface area contributed by atoms with Crippen molar-refractivity contribution in [2.75, 3.05) is 18.1 Å². The van der Waals surface area contributed by atoms with Crippen LogP contribution in [0.5, 0.6) is 0 Å². The second-order valence-electron chi connectivity index (χ2n) is 6.87. The molecule has 3 aromatic rings. The summed E-state index contributed by atoms with van der Waals surface area (Å²) >= 11 is 6.90. The molecule has 3 heterocycles. The molecule has 0 spiro atoms. The number of aromatic nitrogens is 2. The Morgan fingerprint density at radius 3 is 2.87 bits per heavy atom. The number of amides is 1. The van der Waals surface area contributed by atoms with E-state index in [1.165, 1.54) is 6.07 Å². The summed E-state index contributed by atoms with van der Waals surface area (Å²) in [4.78, 5) is 17.4. The Morgan fingerprint density at radius 1 is 1.33 bits per heavy atom. The van der Waals surface area contributed by atoms with Crippen LogP contribution in [-0.2, 0) is 13.0 Å². The predicted octanol–water partition coefficient (Wildman–Crippen LogP) is 2.77. The van der Waals surface area contributed by atoms with Crippen molar-refractivity contribution in [3.05, 3.63) is 64.3 Å². The monoisotopic (exact) mass is 618 g/mol. The van der Waals surface area contributed by atoms with E-state index in [1.54, 1.807) is 46.2 Å². The van der Waals surface area contributed by atoms with Gasteiger partial charge in [0, 0.05) is 6.20 Å². The van der Waals surface area contributed by atoms with Gasteiger partial charge in [-0.1, -0.05) is 18.5 Å². The standard InChI is InChI=1S/C20H20ClFN6O.Tl/c1-2-16-18(27-8-3-4-14(21)19(27)26-16)20(29)24-11-13-5-6-17(15(22)10-13)28-9-7-23-12-25-28;/h3-6,8,10,12H,2,7,9,11H2,1H3,(H2,23,24,25,29);/q;+1/p-1. The quantitative estimate of drug-likeness (QED) is 0.448. The number of carbonyl (C=O) groups is 1. The summed E-state index contributed by atoms with van der Waals surface area (Å²) in [5, 5.41) is 9.29. The summed E-state index contributed by atoms with van der Waals surface area (Å²) in [5.41, 5.74) is 2.76. The van der Waals surface area contributed by atoms with E-state index in [0.717, 1.165) is 6.54 Å². The van der Waals surface area contributed by atoms with Gasteiger partial charge in [-0.25, -0.2) is 4.98 Å². The summed E-state index contributed by atoms with van der Waals surface area (Å²) in [6.45, 7) is 3.63. The Hall–Kier alpha value is -2.21. The molecule has 152 valence electrons. The number of carbonyl (C=O) groups excluding carboxylic acids is 1. The Labute approximate surface area is 194 Å². The number of pyridine rings is 1. The predicted molar refractivity (Wildman–Crippen MR) is 115 cm³/mol. The fourth-order valence-corrected chi connectivity index (χ4v) is 4.23. The molecule has 30 heavy (non-hydrogen) atoms. The van der Waals surface area contributed by atoms with Crippen LogP contribution in [0.3, 0.4) is 0 Å². The van der Waals surface area contributed by atoms with Crippen molar-refractivity contribution >= 4 is 61.2 Å². The summed E-state index contributed by atoms with van der Waals surface area (Å²) in [7, 11) is 0. The van der Waals surface area contributed by atoms with Crippen LogP contribution in [0.2, 0.25) is 5.02 Å². The summed E-state index contributed by atoms with van der Waals surface area (Å²) < 4.78 is 18.4. The number of aryl methyl sites for hydroxylation is 1. The Bertz CT molecular complexity index is 1130. The van der Waals surface area contributed by atoms with E-state index >= 15 is 0 Å². The Morgan fingerprint density at radius 2 is 2.17 bits per heavy atom. The van der Waals surface area contributed by atoms with E-state index in [0.29, 0.717) is 72.3 Å². The fourth-order valence-electron chi connectivity index (χ4n) is 3.34. The third-order valence-corrected chi connectivity index (χ3v) is 6.69. The van der Waals surface area contributed by atoms with Gasteiger partial charge in [-0.2, -0.15) is 0 Å². The number of anilines is 1. The van der Waals surface area contributed by atoms with Crippen molar-refractivity contribution in [1.29, 1.82) is 0 Å². The van der Waals surface area contributed by atoms with Crippen molar-refractivity contribution in [3.63, 3.8) is 0 Å². The van der Waals surface area contributed by atoms with Crippen LogP contribution in [0.4, 0.5) is 10.1 Å².